The van der Waals surface area contributed by atoms with Crippen LogP contribution in [0.4, 0.5) is 0 Å². The van der Waals surface area contributed by atoms with Gasteiger partial charge in [-0.2, -0.15) is 0 Å². The minimum Gasteiger partial charge on any atom is -0.425 e. The third-order valence-electron chi connectivity index (χ3n) is 1.88. The van der Waals surface area contributed by atoms with Crippen LogP contribution in [-0.4, -0.2) is 11.8 Å². The molecule has 0 aliphatic carbocycles. The van der Waals surface area contributed by atoms with Gasteiger partial charge in [0, 0.05) is 23.4 Å². The highest BCUT2D eigenvalue weighted by molar-refractivity contribution is 6.34. The summed E-state index contributed by atoms with van der Waals surface area (Å²) in [6.07, 6.45) is 1.83. The van der Waals surface area contributed by atoms with Crippen LogP contribution in [0.3, 0.4) is 0 Å². The van der Waals surface area contributed by atoms with Crippen LogP contribution in [0.25, 0.3) is 0 Å². The van der Waals surface area contributed by atoms with Gasteiger partial charge in [0.05, 0.1) is 5.02 Å². The monoisotopic (exact) mass is 280 g/mol. The van der Waals surface area contributed by atoms with Gasteiger partial charge in [-0.15, -0.1) is 11.6 Å². The Morgan fingerprint density at radius 3 is 2.69 bits per heavy atom. The van der Waals surface area contributed by atoms with Crippen molar-refractivity contribution in [1.29, 1.82) is 0 Å². The molecular formula is C11H11Cl3O2. The van der Waals surface area contributed by atoms with E-state index < -0.39 is 0 Å². The van der Waals surface area contributed by atoms with Crippen molar-refractivity contribution >= 4 is 40.8 Å². The van der Waals surface area contributed by atoms with Gasteiger partial charge >= 0.3 is 5.97 Å². The molecule has 1 aromatic rings. The molecule has 88 valence electrons. The Balaban J connectivity index is 2.52. The van der Waals surface area contributed by atoms with E-state index in [1.54, 1.807) is 12.1 Å². The lowest BCUT2D eigenvalue weighted by atomic mass is 10.2. The normalized spacial score (nSPS) is 10.2. The number of ether oxygens (including phenoxy) is 1. The number of halogens is 3. The van der Waals surface area contributed by atoms with Crippen LogP contribution >= 0.6 is 34.8 Å². The van der Waals surface area contributed by atoms with E-state index in [1.807, 2.05) is 0 Å². The van der Waals surface area contributed by atoms with Crippen LogP contribution < -0.4 is 4.74 Å². The highest BCUT2D eigenvalue weighted by Gasteiger charge is 2.08. The van der Waals surface area contributed by atoms with Gasteiger partial charge < -0.3 is 4.74 Å². The van der Waals surface area contributed by atoms with E-state index in [0.29, 0.717) is 34.5 Å². The number of hydrogen-bond donors (Lipinski definition) is 0. The number of unbranched alkanes of at least 4 members (excludes halogenated alkanes) is 1. The molecule has 0 fully saturated rings. The first-order valence-electron chi connectivity index (χ1n) is 4.85. The van der Waals surface area contributed by atoms with E-state index in [9.17, 15) is 4.79 Å². The second kappa shape index (κ2) is 7.00. The fourth-order valence-corrected chi connectivity index (χ4v) is 1.60. The maximum absolute atomic E-state index is 11.4. The summed E-state index contributed by atoms with van der Waals surface area (Å²) in [6.45, 7) is 0. The molecule has 0 heterocycles. The van der Waals surface area contributed by atoms with E-state index >= 15 is 0 Å². The molecule has 0 saturated heterocycles. The zero-order valence-electron chi connectivity index (χ0n) is 8.51. The summed E-state index contributed by atoms with van der Waals surface area (Å²) in [5.74, 6) is 0.518. The number of carbonyl (C=O) groups is 1. The average Bonchev–Trinajstić information content (AvgIpc) is 2.24. The summed E-state index contributed by atoms with van der Waals surface area (Å²) in [5.41, 5.74) is 0. The number of rotatable bonds is 5. The summed E-state index contributed by atoms with van der Waals surface area (Å²) in [4.78, 5) is 11.4. The molecule has 0 aliphatic heterocycles. The Labute approximate surface area is 109 Å². The van der Waals surface area contributed by atoms with Crippen LogP contribution in [0.5, 0.6) is 5.75 Å². The Morgan fingerprint density at radius 1 is 1.25 bits per heavy atom. The van der Waals surface area contributed by atoms with E-state index in [2.05, 4.69) is 0 Å². The maximum atomic E-state index is 11.4. The smallest absolute Gasteiger partial charge is 0.311 e. The van der Waals surface area contributed by atoms with Gasteiger partial charge in [-0.3, -0.25) is 4.79 Å². The van der Waals surface area contributed by atoms with E-state index in [0.717, 1.165) is 6.42 Å². The molecule has 0 bridgehead atoms. The van der Waals surface area contributed by atoms with Crippen LogP contribution in [-0.2, 0) is 4.79 Å². The van der Waals surface area contributed by atoms with Gasteiger partial charge in [-0.25, -0.2) is 0 Å². The van der Waals surface area contributed by atoms with Crippen LogP contribution in [0, 0.1) is 0 Å². The molecule has 0 N–H and O–H groups in total. The molecule has 2 nitrogen and oxygen atoms in total. The SMILES string of the molecule is O=C(CCCCCl)Oc1cc(Cl)ccc1Cl. The zero-order chi connectivity index (χ0) is 12.0. The van der Waals surface area contributed by atoms with Crippen molar-refractivity contribution < 1.29 is 9.53 Å². The van der Waals surface area contributed by atoms with Crippen molar-refractivity contribution in [3.63, 3.8) is 0 Å². The van der Waals surface area contributed by atoms with Gasteiger partial charge in [0.25, 0.3) is 0 Å². The molecule has 16 heavy (non-hydrogen) atoms. The van der Waals surface area contributed by atoms with E-state index in [4.69, 9.17) is 39.5 Å². The van der Waals surface area contributed by atoms with Gasteiger partial charge in [0.1, 0.15) is 0 Å². The highest BCUT2D eigenvalue weighted by Crippen LogP contribution is 2.28. The van der Waals surface area contributed by atoms with Gasteiger partial charge in [-0.05, 0) is 25.0 Å². The number of alkyl halides is 1. The molecule has 0 spiro atoms. The van der Waals surface area contributed by atoms with Crippen molar-refractivity contribution in [2.75, 3.05) is 5.88 Å². The number of esters is 1. The molecule has 0 aromatic heterocycles. The molecule has 0 atom stereocenters. The highest BCUT2D eigenvalue weighted by atomic mass is 35.5. The van der Waals surface area contributed by atoms with Crippen molar-refractivity contribution in [3.05, 3.63) is 28.2 Å². The second-order valence-corrected chi connectivity index (χ2v) is 4.42. The predicted molar refractivity (Wildman–Crippen MR) is 66.7 cm³/mol. The van der Waals surface area contributed by atoms with Crippen LogP contribution in [0.2, 0.25) is 10.0 Å². The molecular weight excluding hydrogens is 270 g/mol. The van der Waals surface area contributed by atoms with Crippen molar-refractivity contribution in [3.8, 4) is 5.75 Å². The summed E-state index contributed by atoms with van der Waals surface area (Å²) in [6, 6.07) is 4.74. The number of benzene rings is 1. The Morgan fingerprint density at radius 2 is 2.00 bits per heavy atom. The van der Waals surface area contributed by atoms with E-state index in [1.165, 1.54) is 6.07 Å². The van der Waals surface area contributed by atoms with Crippen LogP contribution in [0.1, 0.15) is 19.3 Å². The Kier molecular flexibility index (Phi) is 5.96. The standard InChI is InChI=1S/C11H11Cl3O2/c12-6-2-1-3-11(15)16-10-7-8(13)4-5-9(10)14/h4-5,7H,1-3,6H2. The first-order valence-corrected chi connectivity index (χ1v) is 6.14. The molecule has 0 aliphatic rings. The number of carbonyl (C=O) groups excluding carboxylic acids is 1. The summed E-state index contributed by atoms with van der Waals surface area (Å²) < 4.78 is 5.07. The second-order valence-electron chi connectivity index (χ2n) is 3.19. The van der Waals surface area contributed by atoms with Gasteiger partial charge in [0.15, 0.2) is 5.75 Å². The summed E-state index contributed by atoms with van der Waals surface area (Å²) >= 11 is 17.1. The molecule has 0 unspecified atom stereocenters. The lowest BCUT2D eigenvalue weighted by Crippen LogP contribution is -2.07. The molecule has 0 radical (unpaired) electrons. The van der Waals surface area contributed by atoms with Gasteiger partial charge in [0.2, 0.25) is 0 Å². The minimum absolute atomic E-state index is 0.296. The third-order valence-corrected chi connectivity index (χ3v) is 2.70. The molecule has 0 amide bonds. The van der Waals surface area contributed by atoms with Crippen molar-refractivity contribution in [1.82, 2.24) is 0 Å². The van der Waals surface area contributed by atoms with Crippen molar-refractivity contribution in [2.24, 2.45) is 0 Å². The Bertz CT molecular complexity index is 366. The average molecular weight is 282 g/mol. The largest absolute Gasteiger partial charge is 0.425 e. The summed E-state index contributed by atoms with van der Waals surface area (Å²) in [7, 11) is 0. The molecule has 0 saturated carbocycles. The molecule has 5 heteroatoms. The van der Waals surface area contributed by atoms with E-state index in [-0.39, 0.29) is 5.97 Å². The zero-order valence-corrected chi connectivity index (χ0v) is 10.8. The molecule has 1 rings (SSSR count). The maximum Gasteiger partial charge on any atom is 0.311 e. The number of hydrogen-bond acceptors (Lipinski definition) is 2. The lowest BCUT2D eigenvalue weighted by molar-refractivity contribution is -0.134. The quantitative estimate of drug-likeness (QED) is 0.348. The first kappa shape index (κ1) is 13.6. The summed E-state index contributed by atoms with van der Waals surface area (Å²) in [5, 5.41) is 0.850. The predicted octanol–water partition coefficient (Wildman–Crippen LogP) is 4.31. The minimum atomic E-state index is -0.325. The van der Waals surface area contributed by atoms with Crippen molar-refractivity contribution in [2.45, 2.75) is 19.3 Å². The topological polar surface area (TPSA) is 26.3 Å². The fourth-order valence-electron chi connectivity index (χ4n) is 1.09. The Hall–Kier alpha value is -0.440. The van der Waals surface area contributed by atoms with Crippen LogP contribution in [0.15, 0.2) is 18.2 Å². The van der Waals surface area contributed by atoms with Gasteiger partial charge in [-0.1, -0.05) is 23.2 Å². The first-order chi connectivity index (χ1) is 7.63. The lowest BCUT2D eigenvalue weighted by Gasteiger charge is -2.06. The fraction of sp³-hybridized carbons (Fsp3) is 0.364. The molecule has 1 aromatic carbocycles. The third kappa shape index (κ3) is 4.60.